The van der Waals surface area contributed by atoms with Crippen molar-refractivity contribution in [2.75, 3.05) is 44.4 Å². The van der Waals surface area contributed by atoms with Crippen molar-refractivity contribution in [2.45, 2.75) is 152 Å². The number of ether oxygens (including phenoxy) is 3. The average molecular weight is 950 g/mol. The quantitative estimate of drug-likeness (QED) is 0.0392. The van der Waals surface area contributed by atoms with Crippen molar-refractivity contribution in [3.05, 3.63) is 113 Å². The maximum Gasteiger partial charge on any atom is 0.229 e. The molecule has 1 aromatic heterocycles. The third kappa shape index (κ3) is 18.9. The molecule has 3 aromatic rings. The van der Waals surface area contributed by atoms with Gasteiger partial charge >= 0.3 is 0 Å². The number of amides is 2. The molecule has 69 heavy (non-hydrogen) atoms. The fraction of sp³-hybridized carbons (Fsp3) is 0.534. The molecular weight excluding hydrogens is 867 g/mol. The van der Waals surface area contributed by atoms with Crippen molar-refractivity contribution < 1.29 is 38.5 Å². The number of nitrogens with zero attached hydrogens (tertiary/aromatic N) is 2. The number of ketones is 2. The van der Waals surface area contributed by atoms with Gasteiger partial charge in [0.15, 0.2) is 11.6 Å². The van der Waals surface area contributed by atoms with Gasteiger partial charge in [0.05, 0.1) is 25.4 Å². The lowest BCUT2D eigenvalue weighted by Crippen LogP contribution is -2.39. The Bertz CT molecular complexity index is 2180. The summed E-state index contributed by atoms with van der Waals surface area (Å²) in [6.45, 7) is 25.5. The first-order chi connectivity index (χ1) is 33.2. The zero-order valence-electron chi connectivity index (χ0n) is 43.7. The Kier molecular flexibility index (Phi) is 26.2. The Balaban J connectivity index is 0.000000300. The molecule has 378 valence electrons. The lowest BCUT2D eigenvalue weighted by molar-refractivity contribution is -0.135. The molecule has 3 fully saturated rings. The zero-order valence-corrected chi connectivity index (χ0v) is 43.7. The third-order valence-corrected chi connectivity index (χ3v) is 12.3. The summed E-state index contributed by atoms with van der Waals surface area (Å²) in [5.74, 6) is 0.995. The minimum Gasteiger partial charge on any atom is -0.491 e. The SMILES string of the molecule is CC.CC(=O)c1cc(N2CCC(OCCOCCCO)CC2)ccc1C(=O)C(C)C.CC1CCC(=O)NC1=O.C\C=C(/C=C\C(=C\CC)OC1CCC1)c1ccc(-c2cnccc2C(C)C)c(C)c1. The van der Waals surface area contributed by atoms with E-state index in [0.717, 1.165) is 43.8 Å². The summed E-state index contributed by atoms with van der Waals surface area (Å²) >= 11 is 0. The number of Topliss-reactive ketones (excluding diaryl/α,β-unsaturated/α-hetero) is 2. The molecule has 2 saturated heterocycles. The Morgan fingerprint density at radius 1 is 0.899 bits per heavy atom. The summed E-state index contributed by atoms with van der Waals surface area (Å²) in [6.07, 6.45) is 21.4. The molecule has 11 nitrogen and oxygen atoms in total. The van der Waals surface area contributed by atoms with Crippen molar-refractivity contribution in [1.82, 2.24) is 10.3 Å². The first-order valence-corrected chi connectivity index (χ1v) is 25.5. The van der Waals surface area contributed by atoms with Crippen LogP contribution < -0.4 is 10.2 Å². The molecule has 2 amide bonds. The van der Waals surface area contributed by atoms with Crippen molar-refractivity contribution in [2.24, 2.45) is 11.8 Å². The van der Waals surface area contributed by atoms with E-state index < -0.39 is 0 Å². The number of carbonyl (C=O) groups excluding carboxylic acids is 4. The van der Waals surface area contributed by atoms with Crippen molar-refractivity contribution in [3.63, 3.8) is 0 Å². The number of anilines is 1. The smallest absolute Gasteiger partial charge is 0.229 e. The van der Waals surface area contributed by atoms with Gasteiger partial charge in [-0.15, -0.1) is 0 Å². The fourth-order valence-electron chi connectivity index (χ4n) is 8.02. The van der Waals surface area contributed by atoms with Crippen molar-refractivity contribution in [1.29, 1.82) is 0 Å². The molecule has 1 aliphatic carbocycles. The second-order valence-corrected chi connectivity index (χ2v) is 18.3. The van der Waals surface area contributed by atoms with Crippen LogP contribution >= 0.6 is 0 Å². The summed E-state index contributed by atoms with van der Waals surface area (Å²) in [5.41, 5.74) is 9.55. The molecule has 0 spiro atoms. The van der Waals surface area contributed by atoms with Crippen LogP contribution in [0.15, 0.2) is 84.9 Å². The number of hydrogen-bond acceptors (Lipinski definition) is 10. The van der Waals surface area contributed by atoms with Crippen LogP contribution in [0.25, 0.3) is 16.7 Å². The number of aliphatic hydroxyl groups excluding tert-OH is 1. The van der Waals surface area contributed by atoms with Gasteiger partial charge < -0.3 is 24.2 Å². The summed E-state index contributed by atoms with van der Waals surface area (Å²) in [4.78, 5) is 52.2. The van der Waals surface area contributed by atoms with Crippen molar-refractivity contribution in [3.8, 4) is 11.1 Å². The normalized spacial score (nSPS) is 16.7. The number of allylic oxidation sites excluding steroid dienone is 5. The lowest BCUT2D eigenvalue weighted by Gasteiger charge is -2.34. The van der Waals surface area contributed by atoms with Gasteiger partial charge in [0.2, 0.25) is 11.8 Å². The predicted octanol–water partition coefficient (Wildman–Crippen LogP) is 12.2. The second kappa shape index (κ2) is 31.1. The highest BCUT2D eigenvalue weighted by molar-refractivity contribution is 6.09. The molecule has 2 N–H and O–H groups in total. The minimum absolute atomic E-state index is 0.00469. The van der Waals surface area contributed by atoms with Crippen LogP contribution in [0.1, 0.15) is 170 Å². The van der Waals surface area contributed by atoms with E-state index in [1.807, 2.05) is 59.1 Å². The molecule has 1 unspecified atom stereocenters. The van der Waals surface area contributed by atoms with Crippen LogP contribution in [0.3, 0.4) is 0 Å². The zero-order chi connectivity index (χ0) is 50.9. The van der Waals surface area contributed by atoms with Crippen molar-refractivity contribution >= 4 is 34.6 Å². The minimum atomic E-state index is -0.141. The van der Waals surface area contributed by atoms with E-state index in [2.05, 4.69) is 98.4 Å². The average Bonchev–Trinajstić information content (AvgIpc) is 3.33. The predicted molar refractivity (Wildman–Crippen MR) is 281 cm³/mol. The number of aliphatic hydroxyl groups is 1. The van der Waals surface area contributed by atoms with E-state index in [1.165, 1.54) is 59.6 Å². The molecule has 3 heterocycles. The number of imide groups is 1. The number of pyridine rings is 1. The number of piperidine rings is 2. The van der Waals surface area contributed by atoms with Gasteiger partial charge in [-0.1, -0.05) is 85.7 Å². The van der Waals surface area contributed by atoms with Crippen LogP contribution in [0.2, 0.25) is 0 Å². The maximum atomic E-state index is 12.4. The van der Waals surface area contributed by atoms with Crippen LogP contribution in [0, 0.1) is 18.8 Å². The van der Waals surface area contributed by atoms with E-state index in [1.54, 1.807) is 6.07 Å². The first kappa shape index (κ1) is 58.1. The number of aryl methyl sites for hydroxylation is 1. The molecular formula is C58H83N3O8. The Morgan fingerprint density at radius 2 is 1.62 bits per heavy atom. The van der Waals surface area contributed by atoms with E-state index in [-0.39, 0.29) is 47.9 Å². The summed E-state index contributed by atoms with van der Waals surface area (Å²) in [6, 6.07) is 14.5. The standard InChI is InChI=1S/C28H35NO.C22H33NO5.C6H9NO2.C2H6/c1-6-9-24(30-25-10-8-11-25)14-12-22(7-2)23-13-15-27(21(5)18-23)28-19-29-17-16-26(28)20(3)4;1-16(2)22(26)20-6-5-18(15-21(20)17(3)25)23-9-7-19(8-10-23)28-14-13-27-12-4-11-24;1-4-2-3-5(8)7-6(4)9;1-2/h7,9,12-20,25H,6,8,10-11H2,1-5H3;5-6,15-16,19,24H,4,7-14H2,1-3H3;4H,2-3H2,1H3,(H,7,8,9);1-2H3/b14-12-,22-7+,24-9-;;;. The molecule has 1 atom stereocenters. The molecule has 2 aliphatic heterocycles. The largest absolute Gasteiger partial charge is 0.491 e. The molecule has 11 heteroatoms. The lowest BCUT2D eigenvalue weighted by atomic mass is 9.90. The molecule has 0 bridgehead atoms. The van der Waals surface area contributed by atoms with Crippen LogP contribution in [0.5, 0.6) is 0 Å². The molecule has 1 saturated carbocycles. The number of carbonyl (C=O) groups is 4. The number of aromatic nitrogens is 1. The highest BCUT2D eigenvalue weighted by Crippen LogP contribution is 2.33. The molecule has 6 rings (SSSR count). The van der Waals surface area contributed by atoms with Gasteiger partial charge in [-0.05, 0) is 142 Å². The topological polar surface area (TPSA) is 144 Å². The number of hydrogen-bond donors (Lipinski definition) is 2. The van der Waals surface area contributed by atoms with E-state index in [9.17, 15) is 19.2 Å². The third-order valence-electron chi connectivity index (χ3n) is 12.3. The number of nitrogens with one attached hydrogen (secondary N) is 1. The maximum absolute atomic E-state index is 12.4. The van der Waals surface area contributed by atoms with Gasteiger partial charge in [0, 0.05) is 79.3 Å². The Hall–Kier alpha value is -5.23. The fourth-order valence-corrected chi connectivity index (χ4v) is 8.02. The molecule has 2 aromatic carbocycles. The summed E-state index contributed by atoms with van der Waals surface area (Å²) in [7, 11) is 0. The van der Waals surface area contributed by atoms with Crippen LogP contribution in [-0.4, -0.2) is 85.2 Å². The van der Waals surface area contributed by atoms with Gasteiger partial charge in [0.25, 0.3) is 0 Å². The Morgan fingerprint density at radius 3 is 2.19 bits per heavy atom. The molecule has 0 radical (unpaired) electrons. The monoisotopic (exact) mass is 950 g/mol. The highest BCUT2D eigenvalue weighted by Gasteiger charge is 2.24. The highest BCUT2D eigenvalue weighted by atomic mass is 16.5. The first-order valence-electron chi connectivity index (χ1n) is 25.5. The number of rotatable bonds is 19. The summed E-state index contributed by atoms with van der Waals surface area (Å²) < 4.78 is 17.4. The van der Waals surface area contributed by atoms with Gasteiger partial charge in [0.1, 0.15) is 5.76 Å². The van der Waals surface area contributed by atoms with E-state index in [4.69, 9.17) is 19.3 Å². The van der Waals surface area contributed by atoms with Gasteiger partial charge in [-0.3, -0.25) is 29.5 Å². The van der Waals surface area contributed by atoms with E-state index >= 15 is 0 Å². The number of benzene rings is 2. The van der Waals surface area contributed by atoms with Crippen LogP contribution in [-0.2, 0) is 23.8 Å². The van der Waals surface area contributed by atoms with Gasteiger partial charge in [-0.25, -0.2) is 0 Å². The van der Waals surface area contributed by atoms with Crippen LogP contribution in [0.4, 0.5) is 5.69 Å². The van der Waals surface area contributed by atoms with Gasteiger partial charge in [-0.2, -0.15) is 0 Å². The second-order valence-electron chi connectivity index (χ2n) is 18.3. The Labute approximate surface area is 414 Å². The summed E-state index contributed by atoms with van der Waals surface area (Å²) in [5, 5.41) is 11.0. The molecule has 3 aliphatic rings. The van der Waals surface area contributed by atoms with E-state index in [0.29, 0.717) is 62.2 Å².